The number of anilines is 3. The number of aryl methyl sites for hydroxylation is 2. The van der Waals surface area contributed by atoms with Gasteiger partial charge in [0.1, 0.15) is 11.2 Å². The van der Waals surface area contributed by atoms with Gasteiger partial charge < -0.3 is 25.7 Å². The van der Waals surface area contributed by atoms with E-state index < -0.39 is 5.91 Å². The maximum Gasteiger partial charge on any atom is 0.271 e. The lowest BCUT2D eigenvalue weighted by molar-refractivity contribution is 0.0996. The van der Waals surface area contributed by atoms with Gasteiger partial charge in [0, 0.05) is 37.7 Å². The molecule has 0 radical (unpaired) electrons. The van der Waals surface area contributed by atoms with Gasteiger partial charge in [0.15, 0.2) is 17.3 Å². The number of nitrogens with zero attached hydrogens (tertiary/aromatic N) is 6. The van der Waals surface area contributed by atoms with Crippen LogP contribution in [0.5, 0.6) is 5.88 Å². The van der Waals surface area contributed by atoms with Crippen LogP contribution in [-0.2, 0) is 7.05 Å². The summed E-state index contributed by atoms with van der Waals surface area (Å²) in [5, 5.41) is 6.12. The minimum Gasteiger partial charge on any atom is -0.481 e. The molecular formula is C20H21N9O2. The zero-order chi connectivity index (χ0) is 22.1. The van der Waals surface area contributed by atoms with Crippen molar-refractivity contribution in [3.63, 3.8) is 0 Å². The number of primary amides is 1. The molecule has 4 aromatic heterocycles. The maximum atomic E-state index is 12.2. The van der Waals surface area contributed by atoms with Gasteiger partial charge >= 0.3 is 0 Å². The first kappa shape index (κ1) is 20.0. The molecule has 4 rings (SSSR count). The molecule has 0 aliphatic rings. The number of amides is 1. The molecule has 31 heavy (non-hydrogen) atoms. The van der Waals surface area contributed by atoms with E-state index in [0.717, 1.165) is 11.2 Å². The molecule has 11 nitrogen and oxygen atoms in total. The lowest BCUT2D eigenvalue weighted by Gasteiger charge is -2.15. The van der Waals surface area contributed by atoms with Crippen molar-refractivity contribution in [1.82, 2.24) is 29.5 Å². The van der Waals surface area contributed by atoms with E-state index >= 15 is 0 Å². The number of carbonyl (C=O) groups excluding carboxylic acids is 1. The zero-order valence-electron chi connectivity index (χ0n) is 17.5. The monoisotopic (exact) mass is 419 g/mol. The van der Waals surface area contributed by atoms with Gasteiger partial charge in [-0.05, 0) is 13.0 Å². The van der Waals surface area contributed by atoms with E-state index in [4.69, 9.17) is 10.5 Å². The predicted molar refractivity (Wildman–Crippen MR) is 116 cm³/mol. The van der Waals surface area contributed by atoms with Gasteiger partial charge in [-0.1, -0.05) is 0 Å². The number of hydrogen-bond acceptors (Lipinski definition) is 9. The molecule has 0 aliphatic heterocycles. The van der Waals surface area contributed by atoms with Gasteiger partial charge in [-0.25, -0.2) is 19.9 Å². The Kier molecular flexibility index (Phi) is 5.07. The van der Waals surface area contributed by atoms with Crippen molar-refractivity contribution in [3.05, 3.63) is 42.2 Å². The van der Waals surface area contributed by atoms with Crippen LogP contribution in [0, 0.1) is 6.92 Å². The Balaban J connectivity index is 1.87. The number of pyridine rings is 2. The summed E-state index contributed by atoms with van der Waals surface area (Å²) in [6, 6.07) is 3.48. The Labute approximate surface area is 177 Å². The highest BCUT2D eigenvalue weighted by atomic mass is 16.5. The highest BCUT2D eigenvalue weighted by Crippen LogP contribution is 2.32. The SMILES string of the molecule is CNc1nc(Nc2cc(C)nc(OC)c2)c(C(N)=O)nc1-c1cncc2c1ncn2C. The Bertz CT molecular complexity index is 1300. The fourth-order valence-corrected chi connectivity index (χ4v) is 3.22. The molecule has 4 heterocycles. The summed E-state index contributed by atoms with van der Waals surface area (Å²) in [7, 11) is 5.12. The molecule has 4 N–H and O–H groups in total. The summed E-state index contributed by atoms with van der Waals surface area (Å²) < 4.78 is 7.06. The van der Waals surface area contributed by atoms with E-state index in [2.05, 4.69) is 35.6 Å². The molecule has 0 bridgehead atoms. The summed E-state index contributed by atoms with van der Waals surface area (Å²) in [6.45, 7) is 1.83. The van der Waals surface area contributed by atoms with Crippen LogP contribution in [0.3, 0.4) is 0 Å². The van der Waals surface area contributed by atoms with E-state index in [-0.39, 0.29) is 11.5 Å². The Hall–Kier alpha value is -4.28. The fourth-order valence-electron chi connectivity index (χ4n) is 3.22. The highest BCUT2D eigenvalue weighted by Gasteiger charge is 2.21. The third-order valence-corrected chi connectivity index (χ3v) is 4.66. The zero-order valence-corrected chi connectivity index (χ0v) is 17.5. The molecule has 158 valence electrons. The number of fused-ring (bicyclic) bond motifs is 1. The van der Waals surface area contributed by atoms with Crippen LogP contribution in [0.2, 0.25) is 0 Å². The standard InChI is InChI=1S/C20H21N9O2/c1-10-5-11(6-14(25-10)31-4)26-20-17(18(21)30)27-16(19(22-2)28-20)12-7-23-8-13-15(12)24-9-29(13)3/h5-9H,1-4H3,(H2,21,30)(H2,22,25,26,28). The smallest absolute Gasteiger partial charge is 0.271 e. The van der Waals surface area contributed by atoms with E-state index in [1.165, 1.54) is 7.11 Å². The number of nitrogens with one attached hydrogen (secondary N) is 2. The molecular weight excluding hydrogens is 398 g/mol. The summed E-state index contributed by atoms with van der Waals surface area (Å²) in [4.78, 5) is 34.3. The Morgan fingerprint density at radius 3 is 2.68 bits per heavy atom. The van der Waals surface area contributed by atoms with Crippen molar-refractivity contribution in [2.24, 2.45) is 12.8 Å². The minimum atomic E-state index is -0.724. The van der Waals surface area contributed by atoms with Crippen molar-refractivity contribution >= 4 is 34.3 Å². The molecule has 0 saturated carbocycles. The van der Waals surface area contributed by atoms with Crippen molar-refractivity contribution in [1.29, 1.82) is 0 Å². The first-order valence-corrected chi connectivity index (χ1v) is 9.36. The van der Waals surface area contributed by atoms with Gasteiger partial charge in [0.05, 0.1) is 30.7 Å². The molecule has 4 aromatic rings. The second kappa shape index (κ2) is 7.86. The number of aromatic nitrogens is 6. The topological polar surface area (TPSA) is 146 Å². The maximum absolute atomic E-state index is 12.2. The van der Waals surface area contributed by atoms with E-state index in [1.54, 1.807) is 37.9 Å². The van der Waals surface area contributed by atoms with Gasteiger partial charge in [-0.15, -0.1) is 0 Å². The van der Waals surface area contributed by atoms with Gasteiger partial charge in [-0.3, -0.25) is 9.78 Å². The number of methoxy groups -OCH3 is 1. The van der Waals surface area contributed by atoms with Crippen LogP contribution < -0.4 is 21.1 Å². The second-order valence-corrected chi connectivity index (χ2v) is 6.81. The number of hydrogen-bond donors (Lipinski definition) is 3. The van der Waals surface area contributed by atoms with Crippen LogP contribution in [0.1, 0.15) is 16.2 Å². The van der Waals surface area contributed by atoms with Crippen LogP contribution >= 0.6 is 0 Å². The second-order valence-electron chi connectivity index (χ2n) is 6.81. The summed E-state index contributed by atoms with van der Waals surface area (Å²) in [5.41, 5.74) is 9.54. The lowest BCUT2D eigenvalue weighted by atomic mass is 10.1. The Morgan fingerprint density at radius 2 is 1.97 bits per heavy atom. The van der Waals surface area contributed by atoms with Gasteiger partial charge in [0.2, 0.25) is 5.88 Å². The van der Waals surface area contributed by atoms with Crippen molar-refractivity contribution in [2.75, 3.05) is 24.8 Å². The third kappa shape index (κ3) is 3.68. The molecule has 0 saturated heterocycles. The molecule has 0 aromatic carbocycles. The first-order valence-electron chi connectivity index (χ1n) is 9.36. The number of ether oxygens (including phenoxy) is 1. The Morgan fingerprint density at radius 1 is 1.16 bits per heavy atom. The third-order valence-electron chi connectivity index (χ3n) is 4.66. The number of imidazole rings is 1. The molecule has 11 heteroatoms. The number of nitrogens with two attached hydrogens (primary N) is 1. The molecule has 0 spiro atoms. The van der Waals surface area contributed by atoms with E-state index in [9.17, 15) is 4.79 Å². The van der Waals surface area contributed by atoms with Crippen molar-refractivity contribution < 1.29 is 9.53 Å². The first-order chi connectivity index (χ1) is 14.9. The van der Waals surface area contributed by atoms with Crippen LogP contribution in [0.4, 0.5) is 17.3 Å². The van der Waals surface area contributed by atoms with Crippen LogP contribution in [-0.4, -0.2) is 49.6 Å². The molecule has 0 fully saturated rings. The summed E-state index contributed by atoms with van der Waals surface area (Å²) >= 11 is 0. The minimum absolute atomic E-state index is 0.0182. The average Bonchev–Trinajstić information content (AvgIpc) is 3.14. The molecule has 0 atom stereocenters. The normalized spacial score (nSPS) is 10.8. The molecule has 0 aliphatic carbocycles. The lowest BCUT2D eigenvalue weighted by Crippen LogP contribution is -2.18. The molecule has 1 amide bonds. The predicted octanol–water partition coefficient (Wildman–Crippen LogP) is 2.02. The van der Waals surface area contributed by atoms with Crippen molar-refractivity contribution in [2.45, 2.75) is 6.92 Å². The number of rotatable bonds is 6. The average molecular weight is 419 g/mol. The van der Waals surface area contributed by atoms with E-state index in [1.807, 2.05) is 18.5 Å². The fraction of sp³-hybridized carbons (Fsp3) is 0.200. The summed E-state index contributed by atoms with van der Waals surface area (Å²) in [6.07, 6.45) is 5.03. The van der Waals surface area contributed by atoms with Crippen LogP contribution in [0.25, 0.3) is 22.3 Å². The largest absolute Gasteiger partial charge is 0.481 e. The van der Waals surface area contributed by atoms with Crippen LogP contribution in [0.15, 0.2) is 30.9 Å². The summed E-state index contributed by atoms with van der Waals surface area (Å²) in [5.74, 6) is 0.340. The van der Waals surface area contributed by atoms with Gasteiger partial charge in [0.25, 0.3) is 5.91 Å². The van der Waals surface area contributed by atoms with Crippen molar-refractivity contribution in [3.8, 4) is 17.1 Å². The molecule has 0 unspecified atom stereocenters. The van der Waals surface area contributed by atoms with E-state index in [0.29, 0.717) is 34.2 Å². The highest BCUT2D eigenvalue weighted by molar-refractivity contribution is 5.99. The van der Waals surface area contributed by atoms with Gasteiger partial charge in [-0.2, -0.15) is 0 Å². The quantitative estimate of drug-likeness (QED) is 0.427. The number of carbonyl (C=O) groups is 1.